The fourth-order valence-corrected chi connectivity index (χ4v) is 1.81. The Bertz CT molecular complexity index is 533. The van der Waals surface area contributed by atoms with Crippen molar-refractivity contribution in [1.82, 2.24) is 0 Å². The van der Waals surface area contributed by atoms with Crippen LogP contribution in [0.25, 0.3) is 22.9 Å². The molecule has 0 heteroatoms. The molecule has 102 valence electrons. The average Bonchev–Trinajstić information content (AvgIpc) is 2.49. The van der Waals surface area contributed by atoms with Crippen molar-refractivity contribution >= 4 is 22.9 Å². The number of fused-ring (bicyclic) bond motifs is 1. The van der Waals surface area contributed by atoms with Gasteiger partial charge in [0.25, 0.3) is 0 Å². The van der Waals surface area contributed by atoms with Gasteiger partial charge in [0.2, 0.25) is 0 Å². The van der Waals surface area contributed by atoms with Crippen LogP contribution in [-0.2, 0) is 0 Å². The van der Waals surface area contributed by atoms with Crippen LogP contribution in [-0.4, -0.2) is 0 Å². The van der Waals surface area contributed by atoms with Crippen molar-refractivity contribution in [2.75, 3.05) is 0 Å². The second-order valence-corrected chi connectivity index (χ2v) is 3.74. The van der Waals surface area contributed by atoms with E-state index in [-0.39, 0.29) is 0 Å². The molecule has 0 spiro atoms. The van der Waals surface area contributed by atoms with Crippen molar-refractivity contribution in [2.24, 2.45) is 0 Å². The molecule has 0 amide bonds. The molecule has 0 saturated heterocycles. The van der Waals surface area contributed by atoms with Crippen molar-refractivity contribution in [3.05, 3.63) is 60.2 Å². The molecule has 0 atom stereocenters. The number of aryl methyl sites for hydroxylation is 1. The summed E-state index contributed by atoms with van der Waals surface area (Å²) in [4.78, 5) is 0. The Labute approximate surface area is 118 Å². The third-order valence-electron chi connectivity index (χ3n) is 2.64. The number of hydrogen-bond acceptors (Lipinski definition) is 0. The van der Waals surface area contributed by atoms with E-state index in [4.69, 9.17) is 0 Å². The summed E-state index contributed by atoms with van der Waals surface area (Å²) in [6.07, 6.45) is 3.75. The van der Waals surface area contributed by atoms with Gasteiger partial charge in [-0.1, -0.05) is 76.8 Å². The maximum absolute atomic E-state index is 3.82. The van der Waals surface area contributed by atoms with E-state index < -0.39 is 0 Å². The van der Waals surface area contributed by atoms with Crippen LogP contribution in [0.15, 0.2) is 43.5 Å². The van der Waals surface area contributed by atoms with Crippen LogP contribution < -0.4 is 0 Å². The maximum Gasteiger partial charge on any atom is -0.0175 e. The molecule has 0 saturated carbocycles. The highest BCUT2D eigenvalue weighted by molar-refractivity contribution is 5.88. The van der Waals surface area contributed by atoms with Gasteiger partial charge in [0.05, 0.1) is 0 Å². The first-order valence-corrected chi connectivity index (χ1v) is 7.04. The highest BCUT2D eigenvalue weighted by Crippen LogP contribution is 2.22. The molecule has 0 unspecified atom stereocenters. The zero-order valence-electron chi connectivity index (χ0n) is 13.0. The summed E-state index contributed by atoms with van der Waals surface area (Å²) >= 11 is 0. The largest absolute Gasteiger partial charge is 0.0984 e. The number of rotatable bonds is 2. The van der Waals surface area contributed by atoms with E-state index in [1.54, 1.807) is 0 Å². The van der Waals surface area contributed by atoms with E-state index in [2.05, 4.69) is 50.4 Å². The molecular weight excluding hydrogens is 228 g/mol. The minimum Gasteiger partial charge on any atom is -0.0984 e. The molecule has 2 rings (SSSR count). The highest BCUT2D eigenvalue weighted by Gasteiger charge is 1.99. The van der Waals surface area contributed by atoms with Crippen molar-refractivity contribution in [3.8, 4) is 0 Å². The fraction of sp³-hybridized carbons (Fsp3) is 0.263. The molecule has 0 N–H and O–H groups in total. The zero-order chi connectivity index (χ0) is 14.8. The summed E-state index contributed by atoms with van der Waals surface area (Å²) in [6, 6.07) is 10.8. The van der Waals surface area contributed by atoms with E-state index in [1.807, 2.05) is 39.8 Å². The monoisotopic (exact) mass is 254 g/mol. The highest BCUT2D eigenvalue weighted by atomic mass is 14.0. The van der Waals surface area contributed by atoms with E-state index in [0.29, 0.717) is 0 Å². The van der Waals surface area contributed by atoms with E-state index in [1.165, 1.54) is 16.3 Å². The van der Waals surface area contributed by atoms with Gasteiger partial charge in [0.15, 0.2) is 0 Å². The Morgan fingerprint density at radius 3 is 1.68 bits per heavy atom. The van der Waals surface area contributed by atoms with Crippen LogP contribution in [0.3, 0.4) is 0 Å². The van der Waals surface area contributed by atoms with E-state index >= 15 is 0 Å². The number of hydrogen-bond donors (Lipinski definition) is 0. The quantitative estimate of drug-likeness (QED) is 0.575. The van der Waals surface area contributed by atoms with Crippen molar-refractivity contribution in [2.45, 2.75) is 34.6 Å². The second kappa shape index (κ2) is 9.16. The normalized spacial score (nSPS) is 8.68. The van der Waals surface area contributed by atoms with Crippen LogP contribution in [0.4, 0.5) is 0 Å². The molecule has 0 aliphatic carbocycles. The third-order valence-corrected chi connectivity index (χ3v) is 2.64. The molecule has 0 bridgehead atoms. The molecule has 2 aromatic carbocycles. The van der Waals surface area contributed by atoms with Gasteiger partial charge in [-0.2, -0.15) is 0 Å². The third kappa shape index (κ3) is 4.40. The Kier molecular flexibility index (Phi) is 8.28. The molecule has 2 aromatic rings. The van der Waals surface area contributed by atoms with Gasteiger partial charge >= 0.3 is 0 Å². The topological polar surface area (TPSA) is 0 Å². The minimum absolute atomic E-state index is 1.14. The lowest BCUT2D eigenvalue weighted by molar-refractivity contribution is 1.50. The Balaban J connectivity index is 0.000000741. The van der Waals surface area contributed by atoms with Crippen LogP contribution in [0.2, 0.25) is 0 Å². The zero-order valence-corrected chi connectivity index (χ0v) is 13.0. The second-order valence-electron chi connectivity index (χ2n) is 3.74. The molecule has 0 nitrogen and oxygen atoms in total. The lowest BCUT2D eigenvalue weighted by Crippen LogP contribution is -1.83. The Morgan fingerprint density at radius 1 is 0.737 bits per heavy atom. The molecule has 0 aliphatic rings. The minimum atomic E-state index is 1.14. The summed E-state index contributed by atoms with van der Waals surface area (Å²) in [5.74, 6) is 0. The van der Waals surface area contributed by atoms with Gasteiger partial charge in [-0.3, -0.25) is 0 Å². The number of benzene rings is 2. The van der Waals surface area contributed by atoms with Crippen LogP contribution in [0, 0.1) is 6.92 Å². The van der Waals surface area contributed by atoms with Crippen molar-refractivity contribution in [3.63, 3.8) is 0 Å². The average molecular weight is 254 g/mol. The molecule has 19 heavy (non-hydrogen) atoms. The van der Waals surface area contributed by atoms with Crippen LogP contribution in [0.1, 0.15) is 44.4 Å². The first-order valence-electron chi connectivity index (χ1n) is 7.04. The van der Waals surface area contributed by atoms with Gasteiger partial charge in [-0.25, -0.2) is 0 Å². The molecule has 0 heterocycles. The molecular formula is C19H26. The Hall–Kier alpha value is -1.82. The standard InChI is InChI=1S/C15H14.2C2H6/c1-4-12-9-14-7-6-11(3)8-15(14)10-13(12)5-2;2*1-2/h4-10H,1-2H2,3H3;2*1-2H3. The summed E-state index contributed by atoms with van der Waals surface area (Å²) in [5, 5.41) is 2.51. The van der Waals surface area contributed by atoms with Gasteiger partial charge in [-0.15, -0.1) is 0 Å². The predicted molar refractivity (Wildman–Crippen MR) is 91.6 cm³/mol. The first kappa shape index (κ1) is 17.2. The molecule has 0 aliphatic heterocycles. The molecule has 0 fully saturated rings. The predicted octanol–water partition coefficient (Wildman–Crippen LogP) is 6.49. The van der Waals surface area contributed by atoms with Gasteiger partial charge in [-0.05, 0) is 41.0 Å². The maximum atomic E-state index is 3.82. The van der Waals surface area contributed by atoms with Gasteiger partial charge in [0.1, 0.15) is 0 Å². The summed E-state index contributed by atoms with van der Waals surface area (Å²) in [6.45, 7) is 17.7. The SMILES string of the molecule is C=Cc1cc2ccc(C)cc2cc1C=C.CC.CC. The van der Waals surface area contributed by atoms with Crippen LogP contribution >= 0.6 is 0 Å². The van der Waals surface area contributed by atoms with Crippen LogP contribution in [0.5, 0.6) is 0 Å². The van der Waals surface area contributed by atoms with E-state index in [0.717, 1.165) is 11.1 Å². The fourth-order valence-electron chi connectivity index (χ4n) is 1.81. The van der Waals surface area contributed by atoms with Crippen molar-refractivity contribution < 1.29 is 0 Å². The smallest absolute Gasteiger partial charge is 0.0175 e. The van der Waals surface area contributed by atoms with Gasteiger partial charge < -0.3 is 0 Å². The van der Waals surface area contributed by atoms with E-state index in [9.17, 15) is 0 Å². The Morgan fingerprint density at radius 2 is 1.21 bits per heavy atom. The molecule has 0 aromatic heterocycles. The summed E-state index contributed by atoms with van der Waals surface area (Å²) < 4.78 is 0. The lowest BCUT2D eigenvalue weighted by atomic mass is 9.99. The van der Waals surface area contributed by atoms with Gasteiger partial charge in [0, 0.05) is 0 Å². The summed E-state index contributed by atoms with van der Waals surface area (Å²) in [5.41, 5.74) is 3.56. The molecule has 0 radical (unpaired) electrons. The summed E-state index contributed by atoms with van der Waals surface area (Å²) in [7, 11) is 0. The first-order chi connectivity index (χ1) is 9.24. The lowest BCUT2D eigenvalue weighted by Gasteiger charge is -2.05. The van der Waals surface area contributed by atoms with Crippen molar-refractivity contribution in [1.29, 1.82) is 0 Å².